The van der Waals surface area contributed by atoms with E-state index >= 15 is 0 Å². The molecular weight excluding hydrogens is 246 g/mol. The summed E-state index contributed by atoms with van der Waals surface area (Å²) in [4.78, 5) is 22.7. The molecule has 18 heavy (non-hydrogen) atoms. The van der Waals surface area contributed by atoms with E-state index in [1.807, 2.05) is 0 Å². The smallest absolute Gasteiger partial charge is 0.320 e. The Morgan fingerprint density at radius 1 is 1.17 bits per heavy atom. The van der Waals surface area contributed by atoms with Gasteiger partial charge in [-0.3, -0.25) is 9.59 Å². The summed E-state index contributed by atoms with van der Waals surface area (Å²) < 4.78 is 35.2. The predicted octanol–water partition coefficient (Wildman–Crippen LogP) is 1.47. The lowest BCUT2D eigenvalue weighted by molar-refractivity contribution is -0.158. The third kappa shape index (κ3) is 3.03. The molecule has 0 heterocycles. The van der Waals surface area contributed by atoms with Crippen molar-refractivity contribution in [3.8, 4) is 0 Å². The summed E-state index contributed by atoms with van der Waals surface area (Å²) in [5.74, 6) is -5.15. The second kappa shape index (κ2) is 6.09. The minimum Gasteiger partial charge on any atom is -0.468 e. The van der Waals surface area contributed by atoms with E-state index in [0.29, 0.717) is 0 Å². The minimum atomic E-state index is -1.31. The van der Waals surface area contributed by atoms with Crippen LogP contribution in [0.25, 0.3) is 0 Å². The number of esters is 2. The molecule has 0 bridgehead atoms. The molecule has 0 unspecified atom stereocenters. The van der Waals surface area contributed by atoms with Gasteiger partial charge in [0, 0.05) is 0 Å². The molecule has 0 spiro atoms. The molecule has 0 aromatic heterocycles. The number of hydrogen-bond acceptors (Lipinski definition) is 4. The first-order valence-electron chi connectivity index (χ1n) is 5.09. The van der Waals surface area contributed by atoms with Crippen LogP contribution in [0.2, 0.25) is 0 Å². The van der Waals surface area contributed by atoms with Crippen molar-refractivity contribution in [2.24, 2.45) is 5.92 Å². The Balaban J connectivity index is 3.00. The quantitative estimate of drug-likeness (QED) is 0.606. The third-order valence-electron chi connectivity index (χ3n) is 2.43. The lowest BCUT2D eigenvalue weighted by Gasteiger charge is -2.12. The van der Waals surface area contributed by atoms with Gasteiger partial charge >= 0.3 is 11.9 Å². The second-order valence-electron chi connectivity index (χ2n) is 3.52. The van der Waals surface area contributed by atoms with E-state index in [9.17, 15) is 18.4 Å². The van der Waals surface area contributed by atoms with E-state index in [2.05, 4.69) is 9.47 Å². The Labute approximate surface area is 103 Å². The van der Waals surface area contributed by atoms with Crippen molar-refractivity contribution in [3.05, 3.63) is 35.4 Å². The topological polar surface area (TPSA) is 52.6 Å². The molecule has 1 aromatic carbocycles. The number of methoxy groups -OCH3 is 2. The summed E-state index contributed by atoms with van der Waals surface area (Å²) in [6.45, 7) is 0. The van der Waals surface area contributed by atoms with Gasteiger partial charge in [0.25, 0.3) is 0 Å². The van der Waals surface area contributed by atoms with Crippen molar-refractivity contribution < 1.29 is 27.8 Å². The Hall–Kier alpha value is -1.98. The minimum absolute atomic E-state index is 0.0872. The van der Waals surface area contributed by atoms with E-state index in [4.69, 9.17) is 0 Å². The second-order valence-corrected chi connectivity index (χ2v) is 3.52. The Morgan fingerprint density at radius 2 is 1.72 bits per heavy atom. The molecule has 6 heteroatoms. The Bertz CT molecular complexity index is 443. The van der Waals surface area contributed by atoms with Crippen molar-refractivity contribution >= 4 is 11.9 Å². The normalized spacial score (nSPS) is 10.3. The molecule has 4 nitrogen and oxygen atoms in total. The average Bonchev–Trinajstić information content (AvgIpc) is 2.38. The zero-order chi connectivity index (χ0) is 13.7. The first-order chi connectivity index (χ1) is 8.51. The van der Waals surface area contributed by atoms with Gasteiger partial charge in [-0.05, 0) is 18.1 Å². The number of ether oxygens (including phenoxy) is 2. The van der Waals surface area contributed by atoms with Gasteiger partial charge in [-0.15, -0.1) is 0 Å². The van der Waals surface area contributed by atoms with E-state index in [0.717, 1.165) is 20.3 Å². The maximum absolute atomic E-state index is 13.4. The SMILES string of the molecule is COC(=O)C(Cc1cccc(F)c1F)C(=O)OC. The summed E-state index contributed by atoms with van der Waals surface area (Å²) >= 11 is 0. The van der Waals surface area contributed by atoms with Crippen LogP contribution in [0.15, 0.2) is 18.2 Å². The lowest BCUT2D eigenvalue weighted by Crippen LogP contribution is -2.28. The monoisotopic (exact) mass is 258 g/mol. The van der Waals surface area contributed by atoms with Gasteiger partial charge < -0.3 is 9.47 Å². The molecule has 0 atom stereocenters. The van der Waals surface area contributed by atoms with Crippen LogP contribution in [-0.4, -0.2) is 26.2 Å². The zero-order valence-corrected chi connectivity index (χ0v) is 9.91. The molecule has 0 saturated carbocycles. The van der Waals surface area contributed by atoms with Crippen molar-refractivity contribution in [1.82, 2.24) is 0 Å². The molecule has 0 saturated heterocycles. The summed E-state index contributed by atoms with van der Waals surface area (Å²) in [7, 11) is 2.19. The average molecular weight is 258 g/mol. The van der Waals surface area contributed by atoms with Gasteiger partial charge in [0.05, 0.1) is 14.2 Å². The molecular formula is C12H12F2O4. The molecule has 1 aromatic rings. The molecule has 0 N–H and O–H groups in total. The molecule has 0 fully saturated rings. The van der Waals surface area contributed by atoms with Gasteiger partial charge in [-0.1, -0.05) is 12.1 Å². The Kier molecular flexibility index (Phi) is 4.76. The molecule has 0 aliphatic rings. The van der Waals surface area contributed by atoms with Crippen molar-refractivity contribution in [3.63, 3.8) is 0 Å². The van der Waals surface area contributed by atoms with E-state index in [1.165, 1.54) is 12.1 Å². The van der Waals surface area contributed by atoms with Crippen molar-refractivity contribution in [2.75, 3.05) is 14.2 Å². The fourth-order valence-electron chi connectivity index (χ4n) is 1.47. The van der Waals surface area contributed by atoms with Crippen LogP contribution in [0.4, 0.5) is 8.78 Å². The van der Waals surface area contributed by atoms with Crippen LogP contribution >= 0.6 is 0 Å². The van der Waals surface area contributed by atoms with Crippen LogP contribution in [0.5, 0.6) is 0 Å². The fraction of sp³-hybridized carbons (Fsp3) is 0.333. The number of hydrogen-bond donors (Lipinski definition) is 0. The molecule has 98 valence electrons. The molecule has 0 aliphatic heterocycles. The van der Waals surface area contributed by atoms with Crippen LogP contribution < -0.4 is 0 Å². The highest BCUT2D eigenvalue weighted by Gasteiger charge is 2.30. The first kappa shape index (κ1) is 14.1. The van der Waals surface area contributed by atoms with Crippen molar-refractivity contribution in [1.29, 1.82) is 0 Å². The predicted molar refractivity (Wildman–Crippen MR) is 57.6 cm³/mol. The van der Waals surface area contributed by atoms with Gasteiger partial charge in [0.2, 0.25) is 0 Å². The molecule has 0 radical (unpaired) electrons. The maximum Gasteiger partial charge on any atom is 0.320 e. The number of halogens is 2. The number of benzene rings is 1. The number of carbonyl (C=O) groups excluding carboxylic acids is 2. The fourth-order valence-corrected chi connectivity index (χ4v) is 1.47. The van der Waals surface area contributed by atoms with E-state index < -0.39 is 29.5 Å². The zero-order valence-electron chi connectivity index (χ0n) is 9.91. The summed E-state index contributed by atoms with van der Waals surface area (Å²) in [5, 5.41) is 0. The van der Waals surface area contributed by atoms with E-state index in [1.54, 1.807) is 0 Å². The van der Waals surface area contributed by atoms with E-state index in [-0.39, 0.29) is 12.0 Å². The number of carbonyl (C=O) groups is 2. The first-order valence-corrected chi connectivity index (χ1v) is 5.09. The van der Waals surface area contributed by atoms with Crippen LogP contribution in [0.3, 0.4) is 0 Å². The largest absolute Gasteiger partial charge is 0.468 e. The number of rotatable bonds is 4. The highest BCUT2D eigenvalue weighted by atomic mass is 19.2. The van der Waals surface area contributed by atoms with Gasteiger partial charge in [0.15, 0.2) is 17.6 Å². The molecule has 0 aliphatic carbocycles. The summed E-state index contributed by atoms with van der Waals surface area (Å²) in [5.41, 5.74) is -0.0872. The highest BCUT2D eigenvalue weighted by molar-refractivity contribution is 5.95. The standard InChI is InChI=1S/C12H12F2O4/c1-17-11(15)8(12(16)18-2)6-7-4-3-5-9(13)10(7)14/h3-5,8H,6H2,1-2H3. The van der Waals surface area contributed by atoms with Crippen LogP contribution in [0.1, 0.15) is 5.56 Å². The van der Waals surface area contributed by atoms with Gasteiger partial charge in [0.1, 0.15) is 0 Å². The van der Waals surface area contributed by atoms with Gasteiger partial charge in [-0.25, -0.2) is 8.78 Å². The molecule has 1 rings (SSSR count). The molecule has 0 amide bonds. The Morgan fingerprint density at radius 3 is 2.22 bits per heavy atom. The third-order valence-corrected chi connectivity index (χ3v) is 2.43. The van der Waals surface area contributed by atoms with Gasteiger partial charge in [-0.2, -0.15) is 0 Å². The summed E-state index contributed by atoms with van der Waals surface area (Å²) in [6.07, 6.45) is -0.317. The highest BCUT2D eigenvalue weighted by Crippen LogP contribution is 2.17. The maximum atomic E-state index is 13.4. The lowest BCUT2D eigenvalue weighted by atomic mass is 9.99. The summed E-state index contributed by atoms with van der Waals surface area (Å²) in [6, 6.07) is 3.53. The van der Waals surface area contributed by atoms with Crippen molar-refractivity contribution in [2.45, 2.75) is 6.42 Å². The van der Waals surface area contributed by atoms with Crippen LogP contribution in [-0.2, 0) is 25.5 Å². The van der Waals surface area contributed by atoms with Crippen LogP contribution in [0, 0.1) is 17.6 Å².